The molecule has 0 fully saturated rings. The molecule has 0 aliphatic carbocycles. The average Bonchev–Trinajstić information content (AvgIpc) is 2.76. The molecule has 31 heavy (non-hydrogen) atoms. The highest BCUT2D eigenvalue weighted by Crippen LogP contribution is 2.24. The van der Waals surface area contributed by atoms with E-state index in [1.165, 1.54) is 11.8 Å². The van der Waals surface area contributed by atoms with Gasteiger partial charge in [0.15, 0.2) is 5.16 Å². The maximum atomic E-state index is 13.3. The fourth-order valence-electron chi connectivity index (χ4n) is 3.13. The lowest BCUT2D eigenvalue weighted by Gasteiger charge is -2.17. The van der Waals surface area contributed by atoms with E-state index in [9.17, 15) is 9.59 Å². The first kappa shape index (κ1) is 22.9. The zero-order valence-electron chi connectivity index (χ0n) is 18.4. The number of nitrogens with one attached hydrogen (secondary N) is 1. The van der Waals surface area contributed by atoms with Crippen molar-refractivity contribution < 1.29 is 9.53 Å². The Morgan fingerprint density at radius 2 is 1.84 bits per heavy atom. The van der Waals surface area contributed by atoms with E-state index in [1.807, 2.05) is 49.4 Å². The van der Waals surface area contributed by atoms with E-state index in [1.54, 1.807) is 17.7 Å². The second kappa shape index (κ2) is 10.5. The second-order valence-corrected chi connectivity index (χ2v) is 9.19. The number of benzene rings is 2. The minimum Gasteiger partial charge on any atom is -0.497 e. The minimum atomic E-state index is -0.373. The number of carbonyl (C=O) groups is 1. The number of nitrogens with zero attached hydrogens (tertiary/aromatic N) is 2. The number of amides is 1. The van der Waals surface area contributed by atoms with Gasteiger partial charge in [-0.05, 0) is 49.1 Å². The molecule has 1 amide bonds. The van der Waals surface area contributed by atoms with Crippen LogP contribution < -0.4 is 15.6 Å². The predicted octanol–water partition coefficient (Wildman–Crippen LogP) is 4.10. The Morgan fingerprint density at radius 3 is 2.52 bits per heavy atom. The van der Waals surface area contributed by atoms with Crippen molar-refractivity contribution in [2.24, 2.45) is 5.92 Å². The van der Waals surface area contributed by atoms with Crippen molar-refractivity contribution >= 4 is 28.6 Å². The highest BCUT2D eigenvalue weighted by Gasteiger charge is 2.19. The smallest absolute Gasteiger partial charge is 0.262 e. The molecule has 0 saturated carbocycles. The van der Waals surface area contributed by atoms with Crippen molar-refractivity contribution in [3.63, 3.8) is 0 Å². The number of fused-ring (bicyclic) bond motifs is 1. The molecule has 1 heterocycles. The van der Waals surface area contributed by atoms with Gasteiger partial charge in [0.05, 0.1) is 29.8 Å². The summed E-state index contributed by atoms with van der Waals surface area (Å²) in [6, 6.07) is 14.9. The lowest BCUT2D eigenvalue weighted by molar-refractivity contribution is -0.120. The van der Waals surface area contributed by atoms with Crippen LogP contribution in [-0.4, -0.2) is 34.4 Å². The van der Waals surface area contributed by atoms with E-state index in [0.29, 0.717) is 35.1 Å². The van der Waals surface area contributed by atoms with Crippen LogP contribution in [0, 0.1) is 5.92 Å². The summed E-state index contributed by atoms with van der Waals surface area (Å²) in [5.41, 5.74) is 1.47. The molecule has 0 saturated heterocycles. The third-order valence-electron chi connectivity index (χ3n) is 5.00. The van der Waals surface area contributed by atoms with Gasteiger partial charge in [0.2, 0.25) is 5.91 Å². The third kappa shape index (κ3) is 5.88. The van der Waals surface area contributed by atoms with Crippen molar-refractivity contribution in [1.29, 1.82) is 0 Å². The molecule has 2 aromatic carbocycles. The number of methoxy groups -OCH3 is 1. The molecule has 1 atom stereocenters. The number of hydrogen-bond donors (Lipinski definition) is 1. The Bertz CT molecular complexity index is 1090. The van der Waals surface area contributed by atoms with Crippen LogP contribution in [0.2, 0.25) is 0 Å². The van der Waals surface area contributed by atoms with E-state index in [2.05, 4.69) is 19.2 Å². The van der Waals surface area contributed by atoms with E-state index >= 15 is 0 Å². The van der Waals surface area contributed by atoms with Crippen LogP contribution in [-0.2, 0) is 11.3 Å². The molecule has 6 nitrogen and oxygen atoms in total. The molecule has 0 aliphatic rings. The Balaban J connectivity index is 1.90. The van der Waals surface area contributed by atoms with Crippen LogP contribution in [0.15, 0.2) is 58.5 Å². The van der Waals surface area contributed by atoms with Crippen LogP contribution in [0.25, 0.3) is 10.9 Å². The molecule has 1 aromatic heterocycles. The molecule has 1 unspecified atom stereocenters. The number of aromatic nitrogens is 2. The van der Waals surface area contributed by atoms with Crippen LogP contribution in [0.5, 0.6) is 5.75 Å². The molecule has 3 rings (SSSR count). The Morgan fingerprint density at radius 1 is 1.13 bits per heavy atom. The minimum absolute atomic E-state index is 0.0518. The molecular weight excluding hydrogens is 410 g/mol. The topological polar surface area (TPSA) is 73.2 Å². The van der Waals surface area contributed by atoms with Crippen LogP contribution in [0.1, 0.15) is 32.8 Å². The largest absolute Gasteiger partial charge is 0.497 e. The first-order valence-corrected chi connectivity index (χ1v) is 11.3. The molecular formula is C24H29N3O3S. The molecule has 0 bridgehead atoms. The molecule has 164 valence electrons. The first-order chi connectivity index (χ1) is 14.9. The lowest BCUT2D eigenvalue weighted by Crippen LogP contribution is -2.33. The summed E-state index contributed by atoms with van der Waals surface area (Å²) < 4.78 is 6.87. The van der Waals surface area contributed by atoms with Crippen LogP contribution in [0.4, 0.5) is 0 Å². The van der Waals surface area contributed by atoms with E-state index in [0.717, 1.165) is 17.7 Å². The first-order valence-electron chi connectivity index (χ1n) is 10.5. The molecule has 0 spiro atoms. The van der Waals surface area contributed by atoms with Gasteiger partial charge in [0.1, 0.15) is 5.75 Å². The zero-order valence-corrected chi connectivity index (χ0v) is 19.2. The van der Waals surface area contributed by atoms with Crippen molar-refractivity contribution in [3.8, 4) is 5.75 Å². The summed E-state index contributed by atoms with van der Waals surface area (Å²) in [4.78, 5) is 30.5. The lowest BCUT2D eigenvalue weighted by atomic mass is 10.1. The van der Waals surface area contributed by atoms with Gasteiger partial charge in [-0.2, -0.15) is 0 Å². The summed E-state index contributed by atoms with van der Waals surface area (Å²) in [6.07, 6.45) is 0.930. The maximum Gasteiger partial charge on any atom is 0.262 e. The fourth-order valence-corrected chi connectivity index (χ4v) is 4.06. The molecule has 0 aliphatic heterocycles. The predicted molar refractivity (Wildman–Crippen MR) is 126 cm³/mol. The van der Waals surface area contributed by atoms with E-state index in [-0.39, 0.29) is 16.7 Å². The quantitative estimate of drug-likeness (QED) is 0.401. The summed E-state index contributed by atoms with van der Waals surface area (Å²) in [6.45, 7) is 7.10. The van der Waals surface area contributed by atoms with Gasteiger partial charge in [-0.15, -0.1) is 0 Å². The summed E-state index contributed by atoms with van der Waals surface area (Å²) in [5, 5.41) is 3.70. The Hall–Kier alpha value is -2.80. The van der Waals surface area contributed by atoms with Gasteiger partial charge in [-0.3, -0.25) is 14.2 Å². The van der Waals surface area contributed by atoms with Gasteiger partial charge in [0.25, 0.3) is 5.56 Å². The summed E-state index contributed by atoms with van der Waals surface area (Å²) in [5.74, 6) is 1.23. The van der Waals surface area contributed by atoms with E-state index in [4.69, 9.17) is 9.72 Å². The molecule has 3 aromatic rings. The third-order valence-corrected chi connectivity index (χ3v) is 6.09. The highest BCUT2D eigenvalue weighted by atomic mass is 32.2. The van der Waals surface area contributed by atoms with Crippen LogP contribution >= 0.6 is 11.8 Å². The van der Waals surface area contributed by atoms with Crippen molar-refractivity contribution in [3.05, 3.63) is 64.4 Å². The molecule has 0 radical (unpaired) electrons. The number of ether oxygens (including phenoxy) is 1. The average molecular weight is 440 g/mol. The fraction of sp³-hybridized carbons (Fsp3) is 0.375. The van der Waals surface area contributed by atoms with Crippen molar-refractivity contribution in [1.82, 2.24) is 14.9 Å². The van der Waals surface area contributed by atoms with Crippen molar-refractivity contribution in [2.45, 2.75) is 44.1 Å². The van der Waals surface area contributed by atoms with Crippen LogP contribution in [0.3, 0.4) is 0 Å². The molecule has 7 heteroatoms. The maximum absolute atomic E-state index is 13.3. The van der Waals surface area contributed by atoms with Gasteiger partial charge in [0, 0.05) is 6.54 Å². The van der Waals surface area contributed by atoms with E-state index < -0.39 is 0 Å². The number of carbonyl (C=O) groups excluding carboxylic acids is 1. The SMILES string of the molecule is COc1ccc(Cn2c(SC(C)C(=O)NCCC(C)C)nc3ccccc3c2=O)cc1. The Kier molecular flexibility index (Phi) is 7.74. The summed E-state index contributed by atoms with van der Waals surface area (Å²) in [7, 11) is 1.62. The van der Waals surface area contributed by atoms with Gasteiger partial charge in [-0.25, -0.2) is 4.98 Å². The number of para-hydroxylation sites is 1. The Labute approximate surface area is 187 Å². The van der Waals surface area contributed by atoms with Gasteiger partial charge >= 0.3 is 0 Å². The summed E-state index contributed by atoms with van der Waals surface area (Å²) >= 11 is 1.31. The monoisotopic (exact) mass is 439 g/mol. The number of hydrogen-bond acceptors (Lipinski definition) is 5. The standard InChI is InChI=1S/C24H29N3O3S/c1-16(2)13-14-25-22(28)17(3)31-24-26-21-8-6-5-7-20(21)23(29)27(24)15-18-9-11-19(30-4)12-10-18/h5-12,16-17H,13-15H2,1-4H3,(H,25,28). The number of thioether (sulfide) groups is 1. The molecule has 1 N–H and O–H groups in total. The van der Waals surface area contributed by atoms with Gasteiger partial charge in [-0.1, -0.05) is 49.9 Å². The number of rotatable bonds is 9. The normalized spacial score (nSPS) is 12.2. The van der Waals surface area contributed by atoms with Gasteiger partial charge < -0.3 is 10.1 Å². The zero-order chi connectivity index (χ0) is 22.4. The highest BCUT2D eigenvalue weighted by molar-refractivity contribution is 8.00. The van der Waals surface area contributed by atoms with Crippen molar-refractivity contribution in [2.75, 3.05) is 13.7 Å². The second-order valence-electron chi connectivity index (χ2n) is 7.88.